The van der Waals surface area contributed by atoms with Crippen molar-refractivity contribution in [1.82, 2.24) is 20.9 Å². The Morgan fingerprint density at radius 3 is 1.87 bits per heavy atom. The van der Waals surface area contributed by atoms with Crippen LogP contribution in [0.5, 0.6) is 0 Å². The van der Waals surface area contributed by atoms with E-state index in [1.165, 1.54) is 4.90 Å². The standard InChI is InChI=1S/C29H41N5O7.C5H12.C4H10.C2H6/c1-17-12-13-34(22(17)26(38)32-20(14-18-10-11-18)23(36)25(30)37)27(39)24(29(2,3)4)33-28(40)31-15-21(35)41-16-19-8-6-5-7-9-19;1-5(2,3)4;1-4(2)3;1-2/h5-9,17-18,20,22,24H,10-16H2,1-4H3,(H2,30,37)(H,32,38)(H2,31,33,40);1-4H3;4H,1-3H3;1-2H3. The maximum absolute atomic E-state index is 13.8. The zero-order chi connectivity index (χ0) is 40.4. The van der Waals surface area contributed by atoms with E-state index in [1.807, 2.05) is 51.1 Å². The van der Waals surface area contributed by atoms with E-state index in [1.54, 1.807) is 20.8 Å². The van der Waals surface area contributed by atoms with Gasteiger partial charge in [0.1, 0.15) is 25.2 Å². The van der Waals surface area contributed by atoms with Crippen LogP contribution in [0.4, 0.5) is 4.79 Å². The Hall–Kier alpha value is -3.96. The van der Waals surface area contributed by atoms with Gasteiger partial charge in [-0.1, -0.05) is 133 Å². The van der Waals surface area contributed by atoms with Gasteiger partial charge in [-0.15, -0.1) is 0 Å². The molecule has 0 spiro atoms. The quantitative estimate of drug-likeness (QED) is 0.156. The van der Waals surface area contributed by atoms with Gasteiger partial charge >= 0.3 is 12.0 Å². The number of nitrogens with zero attached hydrogens (tertiary/aromatic N) is 1. The highest BCUT2D eigenvalue weighted by Crippen LogP contribution is 2.34. The number of likely N-dealkylation sites (tertiary alicyclic amines) is 1. The molecular weight excluding hydrogens is 662 g/mol. The zero-order valence-corrected chi connectivity index (χ0v) is 34.2. The third-order valence-corrected chi connectivity index (χ3v) is 7.42. The molecular formula is C40H69N5O7. The van der Waals surface area contributed by atoms with Crippen molar-refractivity contribution in [3.05, 3.63) is 35.9 Å². The van der Waals surface area contributed by atoms with E-state index in [9.17, 15) is 28.8 Å². The van der Waals surface area contributed by atoms with Crippen molar-refractivity contribution in [1.29, 1.82) is 0 Å². The van der Waals surface area contributed by atoms with Gasteiger partial charge in [-0.3, -0.25) is 24.0 Å². The van der Waals surface area contributed by atoms with Gasteiger partial charge in [-0.05, 0) is 47.0 Å². The number of urea groups is 1. The average Bonchev–Trinajstić information content (AvgIpc) is 3.77. The number of hydrogen-bond donors (Lipinski definition) is 4. The van der Waals surface area contributed by atoms with E-state index < -0.39 is 65.6 Å². The van der Waals surface area contributed by atoms with E-state index in [-0.39, 0.29) is 25.0 Å². The molecule has 12 heteroatoms. The minimum absolute atomic E-state index is 0.0647. The molecule has 5 N–H and O–H groups in total. The molecule has 1 aromatic rings. The molecule has 1 aromatic carbocycles. The summed E-state index contributed by atoms with van der Waals surface area (Å²) in [6.07, 6.45) is 2.68. The van der Waals surface area contributed by atoms with Crippen molar-refractivity contribution in [2.45, 2.75) is 140 Å². The number of hydrogen-bond acceptors (Lipinski definition) is 7. The molecule has 4 atom stereocenters. The third kappa shape index (κ3) is 20.2. The van der Waals surface area contributed by atoms with Crippen LogP contribution in [0.2, 0.25) is 0 Å². The maximum atomic E-state index is 13.8. The lowest BCUT2D eigenvalue weighted by molar-refractivity contribution is -0.144. The lowest BCUT2D eigenvalue weighted by atomic mass is 9.85. The first-order valence-electron chi connectivity index (χ1n) is 18.7. The summed E-state index contributed by atoms with van der Waals surface area (Å²) in [7, 11) is 0. The van der Waals surface area contributed by atoms with Crippen LogP contribution in [0.3, 0.4) is 0 Å². The number of Topliss-reactive ketones (excluding diaryl/α,β-unsaturated/α-hetero) is 1. The molecule has 1 saturated carbocycles. The van der Waals surface area contributed by atoms with E-state index in [4.69, 9.17) is 10.5 Å². The fraction of sp³-hybridized carbons (Fsp3) is 0.700. The van der Waals surface area contributed by atoms with Crippen LogP contribution in [0.25, 0.3) is 0 Å². The summed E-state index contributed by atoms with van der Waals surface area (Å²) in [5, 5.41) is 7.74. The zero-order valence-electron chi connectivity index (χ0n) is 34.2. The van der Waals surface area contributed by atoms with Crippen LogP contribution in [0, 0.1) is 28.6 Å². The van der Waals surface area contributed by atoms with E-state index in [0.29, 0.717) is 18.3 Å². The summed E-state index contributed by atoms with van der Waals surface area (Å²) < 4.78 is 5.17. The SMILES string of the molecule is CC.CC(C)(C)C.CC(C)C.CC1CCN(C(=O)C(NC(=O)NCC(=O)OCc2ccccc2)C(C)(C)C)C1C(=O)NC(CC1CC1)C(=O)C(N)=O. The highest BCUT2D eigenvalue weighted by molar-refractivity contribution is 6.37. The summed E-state index contributed by atoms with van der Waals surface area (Å²) in [4.78, 5) is 77.3. The van der Waals surface area contributed by atoms with Crippen LogP contribution in [-0.4, -0.2) is 71.6 Å². The van der Waals surface area contributed by atoms with Crippen LogP contribution < -0.4 is 21.7 Å². The fourth-order valence-electron chi connectivity index (χ4n) is 4.88. The highest BCUT2D eigenvalue weighted by atomic mass is 16.5. The molecule has 0 bridgehead atoms. The molecule has 5 amide bonds. The van der Waals surface area contributed by atoms with Gasteiger partial charge < -0.3 is 31.3 Å². The highest BCUT2D eigenvalue weighted by Gasteiger charge is 2.46. The molecule has 0 aromatic heterocycles. The molecule has 1 saturated heterocycles. The number of carbonyl (C=O) groups excluding carboxylic acids is 6. The van der Waals surface area contributed by atoms with Gasteiger partial charge in [0.15, 0.2) is 0 Å². The number of rotatable bonds is 12. The first kappa shape index (κ1) is 48.0. The number of esters is 1. The Labute approximate surface area is 313 Å². The predicted molar refractivity (Wildman–Crippen MR) is 206 cm³/mol. The molecule has 3 rings (SSSR count). The van der Waals surface area contributed by atoms with Gasteiger partial charge in [0, 0.05) is 6.54 Å². The Balaban J connectivity index is 0.00000208. The number of amides is 5. The van der Waals surface area contributed by atoms with Crippen LogP contribution in [-0.2, 0) is 35.3 Å². The van der Waals surface area contributed by atoms with Gasteiger partial charge in [0.25, 0.3) is 5.91 Å². The first-order valence-corrected chi connectivity index (χ1v) is 18.7. The van der Waals surface area contributed by atoms with Crippen molar-refractivity contribution in [2.24, 2.45) is 34.3 Å². The molecule has 296 valence electrons. The first-order chi connectivity index (χ1) is 24.0. The number of primary amides is 1. The number of nitrogens with two attached hydrogens (primary N) is 1. The van der Waals surface area contributed by atoms with E-state index in [0.717, 1.165) is 24.3 Å². The van der Waals surface area contributed by atoms with E-state index in [2.05, 4.69) is 64.4 Å². The van der Waals surface area contributed by atoms with Crippen molar-refractivity contribution in [2.75, 3.05) is 13.1 Å². The van der Waals surface area contributed by atoms with Gasteiger partial charge in [0.2, 0.25) is 17.6 Å². The average molecular weight is 732 g/mol. The molecule has 2 aliphatic rings. The normalized spacial score (nSPS) is 17.7. The second-order valence-corrected chi connectivity index (χ2v) is 16.7. The second kappa shape index (κ2) is 22.9. The Kier molecular flexibility index (Phi) is 21.1. The Morgan fingerprint density at radius 2 is 1.40 bits per heavy atom. The summed E-state index contributed by atoms with van der Waals surface area (Å²) in [5.74, 6) is -2.77. The molecule has 1 heterocycles. The summed E-state index contributed by atoms with van der Waals surface area (Å²) in [5.41, 5.74) is 5.77. The van der Waals surface area contributed by atoms with Crippen LogP contribution in [0.1, 0.15) is 121 Å². The number of carbonyl (C=O) groups is 6. The smallest absolute Gasteiger partial charge is 0.325 e. The summed E-state index contributed by atoms with van der Waals surface area (Å²) in [6, 6.07) is 5.40. The van der Waals surface area contributed by atoms with Crippen LogP contribution >= 0.6 is 0 Å². The Bertz CT molecular complexity index is 1270. The molecule has 52 heavy (non-hydrogen) atoms. The molecule has 12 nitrogen and oxygen atoms in total. The largest absolute Gasteiger partial charge is 0.460 e. The maximum Gasteiger partial charge on any atom is 0.325 e. The molecule has 1 aliphatic heterocycles. The summed E-state index contributed by atoms with van der Waals surface area (Å²) in [6.45, 7) is 26.3. The van der Waals surface area contributed by atoms with Crippen LogP contribution in [0.15, 0.2) is 30.3 Å². The van der Waals surface area contributed by atoms with Gasteiger partial charge in [0.05, 0.1) is 6.04 Å². The predicted octanol–water partition coefficient (Wildman–Crippen LogP) is 5.76. The lowest BCUT2D eigenvalue weighted by Gasteiger charge is -2.36. The van der Waals surface area contributed by atoms with Gasteiger partial charge in [-0.25, -0.2) is 4.79 Å². The lowest BCUT2D eigenvalue weighted by Crippen LogP contribution is -2.60. The summed E-state index contributed by atoms with van der Waals surface area (Å²) >= 11 is 0. The number of ether oxygens (including phenoxy) is 1. The molecule has 0 radical (unpaired) electrons. The minimum Gasteiger partial charge on any atom is -0.460 e. The van der Waals surface area contributed by atoms with Crippen molar-refractivity contribution < 1.29 is 33.5 Å². The minimum atomic E-state index is -1.12. The molecule has 1 aliphatic carbocycles. The topological polar surface area (TPSA) is 177 Å². The van der Waals surface area contributed by atoms with Crippen molar-refractivity contribution in [3.63, 3.8) is 0 Å². The molecule has 4 unspecified atom stereocenters. The third-order valence-electron chi connectivity index (χ3n) is 7.42. The Morgan fingerprint density at radius 1 is 0.885 bits per heavy atom. The number of nitrogens with one attached hydrogen (secondary N) is 3. The molecule has 2 fully saturated rings. The monoisotopic (exact) mass is 732 g/mol. The van der Waals surface area contributed by atoms with Crippen molar-refractivity contribution in [3.8, 4) is 0 Å². The van der Waals surface area contributed by atoms with Crippen molar-refractivity contribution >= 4 is 35.5 Å². The second-order valence-electron chi connectivity index (χ2n) is 16.7. The fourth-order valence-corrected chi connectivity index (χ4v) is 4.88. The number of benzene rings is 1. The van der Waals surface area contributed by atoms with E-state index >= 15 is 0 Å². The van der Waals surface area contributed by atoms with Gasteiger partial charge in [-0.2, -0.15) is 0 Å². The number of ketones is 1.